The number of benzene rings is 2. The molecule has 3 rings (SSSR count). The van der Waals surface area contributed by atoms with E-state index in [2.05, 4.69) is 10.5 Å². The molecule has 1 amide bonds. The van der Waals surface area contributed by atoms with Crippen molar-refractivity contribution in [3.05, 3.63) is 58.2 Å². The van der Waals surface area contributed by atoms with Crippen LogP contribution >= 0.6 is 23.2 Å². The molecule has 8 heteroatoms. The number of carbonyl (C=O) groups excluding carboxylic acids is 1. The summed E-state index contributed by atoms with van der Waals surface area (Å²) in [6.45, 7) is 0. The normalized spacial score (nSPS) is 10.5. The number of halogens is 2. The molecular formula is C18H14Cl2N2O4. The summed E-state index contributed by atoms with van der Waals surface area (Å²) in [5.41, 5.74) is 1.32. The van der Waals surface area contributed by atoms with Gasteiger partial charge in [-0.3, -0.25) is 4.79 Å². The van der Waals surface area contributed by atoms with E-state index in [4.69, 9.17) is 37.2 Å². The van der Waals surface area contributed by atoms with Crippen molar-refractivity contribution in [2.75, 3.05) is 19.5 Å². The van der Waals surface area contributed by atoms with Crippen LogP contribution in [0.2, 0.25) is 10.0 Å². The zero-order valence-corrected chi connectivity index (χ0v) is 15.4. The number of anilines is 1. The maximum Gasteiger partial charge on any atom is 0.277 e. The van der Waals surface area contributed by atoms with Crippen LogP contribution < -0.4 is 14.8 Å². The maximum atomic E-state index is 12.3. The van der Waals surface area contributed by atoms with Crippen molar-refractivity contribution in [3.63, 3.8) is 0 Å². The van der Waals surface area contributed by atoms with Gasteiger partial charge in [0.05, 0.1) is 24.3 Å². The quantitative estimate of drug-likeness (QED) is 0.666. The maximum absolute atomic E-state index is 12.3. The highest BCUT2D eigenvalue weighted by molar-refractivity contribution is 6.42. The molecule has 0 aliphatic rings. The number of aromatic nitrogens is 1. The minimum absolute atomic E-state index is 0.126. The summed E-state index contributed by atoms with van der Waals surface area (Å²) in [4.78, 5) is 12.3. The number of amides is 1. The molecule has 0 aliphatic heterocycles. The topological polar surface area (TPSA) is 73.6 Å². The van der Waals surface area contributed by atoms with E-state index in [-0.39, 0.29) is 5.69 Å². The van der Waals surface area contributed by atoms with E-state index in [1.165, 1.54) is 13.2 Å². The first kappa shape index (κ1) is 18.1. The highest BCUT2D eigenvalue weighted by atomic mass is 35.5. The molecule has 0 saturated carbocycles. The number of nitrogens with zero attached hydrogens (tertiary/aromatic N) is 1. The van der Waals surface area contributed by atoms with Crippen LogP contribution in [0.4, 0.5) is 5.69 Å². The van der Waals surface area contributed by atoms with E-state index in [1.807, 2.05) is 0 Å². The van der Waals surface area contributed by atoms with Crippen molar-refractivity contribution in [2.45, 2.75) is 0 Å². The monoisotopic (exact) mass is 392 g/mol. The molecule has 0 atom stereocenters. The zero-order chi connectivity index (χ0) is 18.7. The summed E-state index contributed by atoms with van der Waals surface area (Å²) >= 11 is 11.8. The minimum Gasteiger partial charge on any atom is -0.493 e. The van der Waals surface area contributed by atoms with Crippen LogP contribution in [0, 0.1) is 0 Å². The predicted molar refractivity (Wildman–Crippen MR) is 99.5 cm³/mol. The second-order valence-electron chi connectivity index (χ2n) is 5.23. The first-order valence-electron chi connectivity index (χ1n) is 7.47. The Balaban J connectivity index is 1.80. The lowest BCUT2D eigenvalue weighted by Gasteiger charge is -2.07. The molecular weight excluding hydrogens is 379 g/mol. The number of hydrogen-bond donors (Lipinski definition) is 1. The van der Waals surface area contributed by atoms with E-state index in [1.54, 1.807) is 43.5 Å². The van der Waals surface area contributed by atoms with E-state index >= 15 is 0 Å². The summed E-state index contributed by atoms with van der Waals surface area (Å²) < 4.78 is 15.7. The van der Waals surface area contributed by atoms with Gasteiger partial charge in [0, 0.05) is 17.3 Å². The van der Waals surface area contributed by atoms with Crippen LogP contribution in [0.3, 0.4) is 0 Å². The lowest BCUT2D eigenvalue weighted by atomic mass is 10.1. The molecule has 1 N–H and O–H groups in total. The molecule has 0 spiro atoms. The molecule has 0 fully saturated rings. The molecule has 134 valence electrons. The Bertz CT molecular complexity index is 956. The summed E-state index contributed by atoms with van der Waals surface area (Å²) in [7, 11) is 3.09. The third-order valence-electron chi connectivity index (χ3n) is 3.59. The molecule has 3 aromatic rings. The molecule has 0 aliphatic carbocycles. The second-order valence-corrected chi connectivity index (χ2v) is 6.04. The Morgan fingerprint density at radius 1 is 1.00 bits per heavy atom. The van der Waals surface area contributed by atoms with Gasteiger partial charge in [-0.15, -0.1) is 0 Å². The summed E-state index contributed by atoms with van der Waals surface area (Å²) in [6.07, 6.45) is 0. The molecule has 0 radical (unpaired) electrons. The number of hydrogen-bond acceptors (Lipinski definition) is 5. The smallest absolute Gasteiger partial charge is 0.277 e. The SMILES string of the molecule is COc1ccc(-c2cc(C(=O)Nc3ccc(Cl)c(Cl)c3)no2)cc1OC. The van der Waals surface area contributed by atoms with Crippen molar-refractivity contribution in [1.29, 1.82) is 0 Å². The summed E-state index contributed by atoms with van der Waals surface area (Å²) in [5.74, 6) is 1.13. The van der Waals surface area contributed by atoms with Gasteiger partial charge in [0.15, 0.2) is 23.0 Å². The van der Waals surface area contributed by atoms with Crippen molar-refractivity contribution in [1.82, 2.24) is 5.16 Å². The Morgan fingerprint density at radius 3 is 2.46 bits per heavy atom. The highest BCUT2D eigenvalue weighted by Gasteiger charge is 2.16. The number of methoxy groups -OCH3 is 2. The number of rotatable bonds is 5. The predicted octanol–water partition coefficient (Wildman–Crippen LogP) is 4.92. The molecule has 0 unspecified atom stereocenters. The number of carbonyl (C=O) groups is 1. The first-order chi connectivity index (χ1) is 12.5. The van der Waals surface area contributed by atoms with Gasteiger partial charge in [0.25, 0.3) is 5.91 Å². The number of nitrogens with one attached hydrogen (secondary N) is 1. The third-order valence-corrected chi connectivity index (χ3v) is 4.33. The van der Waals surface area contributed by atoms with Crippen molar-refractivity contribution in [3.8, 4) is 22.8 Å². The molecule has 1 heterocycles. The van der Waals surface area contributed by atoms with Gasteiger partial charge in [-0.25, -0.2) is 0 Å². The highest BCUT2D eigenvalue weighted by Crippen LogP contribution is 2.32. The van der Waals surface area contributed by atoms with Gasteiger partial charge >= 0.3 is 0 Å². The molecule has 0 bridgehead atoms. The van der Waals surface area contributed by atoms with Crippen LogP contribution in [0.5, 0.6) is 11.5 Å². The van der Waals surface area contributed by atoms with Gasteiger partial charge in [-0.05, 0) is 36.4 Å². The Labute approximate surface area is 159 Å². The van der Waals surface area contributed by atoms with Crippen molar-refractivity contribution >= 4 is 34.8 Å². The lowest BCUT2D eigenvalue weighted by Crippen LogP contribution is -2.12. The van der Waals surface area contributed by atoms with Crippen LogP contribution in [0.15, 0.2) is 47.0 Å². The molecule has 6 nitrogen and oxygen atoms in total. The Morgan fingerprint density at radius 2 is 1.77 bits per heavy atom. The standard InChI is InChI=1S/C18H14Cl2N2O4/c1-24-15-6-3-10(7-17(15)25-2)16-9-14(22-26-16)18(23)21-11-4-5-12(19)13(20)8-11/h3-9H,1-2H3,(H,21,23). The van der Waals surface area contributed by atoms with E-state index in [0.717, 1.165) is 0 Å². The second kappa shape index (κ2) is 7.68. The summed E-state index contributed by atoms with van der Waals surface area (Å²) in [6, 6.07) is 11.6. The fourth-order valence-electron chi connectivity index (χ4n) is 2.28. The van der Waals surface area contributed by atoms with Gasteiger partial charge < -0.3 is 19.3 Å². The van der Waals surface area contributed by atoms with Crippen LogP contribution in [-0.4, -0.2) is 25.3 Å². The van der Waals surface area contributed by atoms with Crippen molar-refractivity contribution < 1.29 is 18.8 Å². The van der Waals surface area contributed by atoms with Crippen LogP contribution in [-0.2, 0) is 0 Å². The third kappa shape index (κ3) is 3.76. The molecule has 1 aromatic heterocycles. The number of ether oxygens (including phenoxy) is 2. The first-order valence-corrected chi connectivity index (χ1v) is 8.23. The Kier molecular flexibility index (Phi) is 5.35. The van der Waals surface area contributed by atoms with E-state index < -0.39 is 5.91 Å². The van der Waals surface area contributed by atoms with Crippen molar-refractivity contribution in [2.24, 2.45) is 0 Å². The average Bonchev–Trinajstić information content (AvgIpc) is 3.14. The van der Waals surface area contributed by atoms with Gasteiger partial charge in [0.1, 0.15) is 0 Å². The van der Waals surface area contributed by atoms with Gasteiger partial charge in [-0.1, -0.05) is 28.4 Å². The summed E-state index contributed by atoms with van der Waals surface area (Å²) in [5, 5.41) is 7.24. The van der Waals surface area contributed by atoms with Gasteiger partial charge in [0.2, 0.25) is 0 Å². The zero-order valence-electron chi connectivity index (χ0n) is 13.9. The average molecular weight is 393 g/mol. The van der Waals surface area contributed by atoms with Gasteiger partial charge in [-0.2, -0.15) is 0 Å². The molecule has 2 aromatic carbocycles. The molecule has 0 saturated heterocycles. The van der Waals surface area contributed by atoms with Crippen LogP contribution in [0.1, 0.15) is 10.5 Å². The Hall–Kier alpha value is -2.70. The van der Waals surface area contributed by atoms with E-state index in [0.29, 0.717) is 38.6 Å². The van der Waals surface area contributed by atoms with E-state index in [9.17, 15) is 4.79 Å². The lowest BCUT2D eigenvalue weighted by molar-refractivity contribution is 0.101. The molecule has 26 heavy (non-hydrogen) atoms. The fourth-order valence-corrected chi connectivity index (χ4v) is 2.57. The fraction of sp³-hybridized carbons (Fsp3) is 0.111. The minimum atomic E-state index is -0.432. The largest absolute Gasteiger partial charge is 0.493 e. The van der Waals surface area contributed by atoms with Crippen LogP contribution in [0.25, 0.3) is 11.3 Å².